The minimum Gasteiger partial charge on any atom is -0.340 e. The minimum absolute atomic E-state index is 0.169. The molecule has 2 fully saturated rings. The maximum absolute atomic E-state index is 12.7. The summed E-state index contributed by atoms with van der Waals surface area (Å²) in [6, 6.07) is 14.8. The van der Waals surface area contributed by atoms with Crippen molar-refractivity contribution < 1.29 is 9.18 Å². The zero-order chi connectivity index (χ0) is 24.5. The number of piperidine rings is 1. The lowest BCUT2D eigenvalue weighted by atomic mass is 9.88. The number of rotatable bonds is 6. The van der Waals surface area contributed by atoms with Crippen molar-refractivity contribution in [3.63, 3.8) is 0 Å². The highest BCUT2D eigenvalue weighted by molar-refractivity contribution is 5.78. The second kappa shape index (κ2) is 12.8. The number of hydrogen-bond acceptors (Lipinski definition) is 3. The van der Waals surface area contributed by atoms with Gasteiger partial charge < -0.3 is 10.2 Å². The number of nitrogens with one attached hydrogen (secondary N) is 1. The van der Waals surface area contributed by atoms with Gasteiger partial charge in [-0.05, 0) is 87.0 Å². The highest BCUT2D eigenvalue weighted by Crippen LogP contribution is 2.30. The number of hydrogen-bond donors (Lipinski definition) is 1. The lowest BCUT2D eigenvalue weighted by Gasteiger charge is -2.36. The Labute approximate surface area is 204 Å². The van der Waals surface area contributed by atoms with Crippen LogP contribution in [0.2, 0.25) is 0 Å². The summed E-state index contributed by atoms with van der Waals surface area (Å²) in [5.41, 5.74) is 4.42. The molecular formula is C29H40FN3O. The number of benzene rings is 2. The summed E-state index contributed by atoms with van der Waals surface area (Å²) in [4.78, 5) is 16.6. The number of nitrogens with zero attached hydrogens (tertiary/aromatic N) is 2. The summed E-state index contributed by atoms with van der Waals surface area (Å²) >= 11 is 0. The molecule has 5 heteroatoms. The van der Waals surface area contributed by atoms with Crippen LogP contribution in [0, 0.1) is 12.7 Å². The number of amides is 1. The molecule has 4 rings (SSSR count). The third kappa shape index (κ3) is 7.00. The molecule has 184 valence electrons. The van der Waals surface area contributed by atoms with E-state index in [4.69, 9.17) is 0 Å². The molecular weight excluding hydrogens is 425 g/mol. The fourth-order valence-electron chi connectivity index (χ4n) is 4.89. The highest BCUT2D eigenvalue weighted by atomic mass is 19.1. The smallest absolute Gasteiger partial charge is 0.236 e. The van der Waals surface area contributed by atoms with Crippen LogP contribution in [0.5, 0.6) is 0 Å². The van der Waals surface area contributed by atoms with Crippen LogP contribution in [-0.4, -0.2) is 61.5 Å². The molecule has 1 N–H and O–H groups in total. The standard InChI is InChI=1S/C20H31N3O.C9H9F/c1-3-16-4-6-17(7-5-16)18-8-11-22(12-9-18)19-10-13-23(15-19)20(24)14-21-2;1-3-8-5-4-7(2)9(10)6-8/h4-7,18-19,21H,3,8-15H2,1-2H3;3-6H,1H2,2H3. The van der Waals surface area contributed by atoms with Crippen LogP contribution in [0.25, 0.3) is 6.08 Å². The topological polar surface area (TPSA) is 35.6 Å². The summed E-state index contributed by atoms with van der Waals surface area (Å²) < 4.78 is 12.7. The molecule has 4 nitrogen and oxygen atoms in total. The van der Waals surface area contributed by atoms with Gasteiger partial charge in [-0.2, -0.15) is 0 Å². The van der Waals surface area contributed by atoms with Crippen LogP contribution in [0.1, 0.15) is 54.4 Å². The Balaban J connectivity index is 0.000000271. The Morgan fingerprint density at radius 2 is 1.82 bits per heavy atom. The quantitative estimate of drug-likeness (QED) is 0.650. The number of halogens is 1. The van der Waals surface area contributed by atoms with E-state index >= 15 is 0 Å². The molecule has 2 aromatic carbocycles. The van der Waals surface area contributed by atoms with E-state index < -0.39 is 0 Å². The number of aryl methyl sites for hydroxylation is 2. The highest BCUT2D eigenvalue weighted by Gasteiger charge is 2.32. The molecule has 0 radical (unpaired) electrons. The predicted octanol–water partition coefficient (Wildman–Crippen LogP) is 5.03. The first-order valence-electron chi connectivity index (χ1n) is 12.6. The molecule has 0 bridgehead atoms. The van der Waals surface area contributed by atoms with Crippen molar-refractivity contribution in [3.8, 4) is 0 Å². The molecule has 0 aromatic heterocycles. The van der Waals surface area contributed by atoms with E-state index in [0.717, 1.165) is 31.5 Å². The van der Waals surface area contributed by atoms with Gasteiger partial charge in [-0.15, -0.1) is 0 Å². The fourth-order valence-corrected chi connectivity index (χ4v) is 4.89. The molecule has 1 amide bonds. The van der Waals surface area contributed by atoms with Crippen LogP contribution < -0.4 is 5.32 Å². The molecule has 2 aromatic rings. The summed E-state index contributed by atoms with van der Waals surface area (Å²) in [6.45, 7) is 12.1. The van der Waals surface area contributed by atoms with Gasteiger partial charge in [-0.25, -0.2) is 4.39 Å². The van der Waals surface area contributed by atoms with Crippen molar-refractivity contribution in [3.05, 3.63) is 77.1 Å². The lowest BCUT2D eigenvalue weighted by molar-refractivity contribution is -0.129. The first-order chi connectivity index (χ1) is 16.4. The van der Waals surface area contributed by atoms with E-state index in [1.165, 1.54) is 43.1 Å². The number of carbonyl (C=O) groups excluding carboxylic acids is 1. The normalized spacial score (nSPS) is 18.9. The van der Waals surface area contributed by atoms with E-state index in [2.05, 4.69) is 48.0 Å². The number of carbonyl (C=O) groups is 1. The van der Waals surface area contributed by atoms with Gasteiger partial charge in [0, 0.05) is 19.1 Å². The molecule has 1 unspecified atom stereocenters. The second-order valence-electron chi connectivity index (χ2n) is 9.43. The van der Waals surface area contributed by atoms with Crippen molar-refractivity contribution in [1.82, 2.24) is 15.1 Å². The van der Waals surface area contributed by atoms with Gasteiger partial charge in [-0.3, -0.25) is 9.69 Å². The maximum Gasteiger partial charge on any atom is 0.236 e. The van der Waals surface area contributed by atoms with E-state index in [-0.39, 0.29) is 11.7 Å². The maximum atomic E-state index is 12.7. The largest absolute Gasteiger partial charge is 0.340 e. The van der Waals surface area contributed by atoms with E-state index in [1.54, 1.807) is 19.1 Å². The number of likely N-dealkylation sites (tertiary alicyclic amines) is 2. The zero-order valence-corrected chi connectivity index (χ0v) is 21.0. The Kier molecular flexibility index (Phi) is 9.85. The van der Waals surface area contributed by atoms with E-state index in [0.29, 0.717) is 24.1 Å². The SMILES string of the molecule is C=Cc1ccc(C)c(F)c1.CCc1ccc(C2CCN(C3CCN(C(=O)CNC)C3)CC2)cc1. The lowest BCUT2D eigenvalue weighted by Crippen LogP contribution is -2.44. The molecule has 2 heterocycles. The summed E-state index contributed by atoms with van der Waals surface area (Å²) in [7, 11) is 1.84. The van der Waals surface area contributed by atoms with Gasteiger partial charge in [0.25, 0.3) is 0 Å². The Hall–Kier alpha value is -2.50. The summed E-state index contributed by atoms with van der Waals surface area (Å²) in [5, 5.41) is 2.97. The minimum atomic E-state index is -0.169. The van der Waals surface area contributed by atoms with Crippen molar-refractivity contribution in [2.75, 3.05) is 39.8 Å². The second-order valence-corrected chi connectivity index (χ2v) is 9.43. The predicted molar refractivity (Wildman–Crippen MR) is 140 cm³/mol. The average Bonchev–Trinajstić information content (AvgIpc) is 3.37. The van der Waals surface area contributed by atoms with Crippen molar-refractivity contribution in [2.24, 2.45) is 0 Å². The third-order valence-electron chi connectivity index (χ3n) is 7.18. The molecule has 2 aliphatic rings. The Morgan fingerprint density at radius 1 is 1.12 bits per heavy atom. The molecule has 34 heavy (non-hydrogen) atoms. The zero-order valence-electron chi connectivity index (χ0n) is 21.0. The summed E-state index contributed by atoms with van der Waals surface area (Å²) in [6.07, 6.45) is 6.36. The van der Waals surface area contributed by atoms with Gasteiger partial charge >= 0.3 is 0 Å². The average molecular weight is 466 g/mol. The fraction of sp³-hybridized carbons (Fsp3) is 0.483. The molecule has 0 spiro atoms. The van der Waals surface area contributed by atoms with Crippen molar-refractivity contribution >= 4 is 12.0 Å². The van der Waals surface area contributed by atoms with Gasteiger partial charge in [0.15, 0.2) is 0 Å². The molecule has 0 saturated carbocycles. The molecule has 2 aliphatic heterocycles. The van der Waals surface area contributed by atoms with Crippen LogP contribution >= 0.6 is 0 Å². The third-order valence-corrected chi connectivity index (χ3v) is 7.18. The monoisotopic (exact) mass is 465 g/mol. The Bertz CT molecular complexity index is 935. The van der Waals surface area contributed by atoms with Crippen LogP contribution in [0.4, 0.5) is 4.39 Å². The van der Waals surface area contributed by atoms with Crippen molar-refractivity contribution in [1.29, 1.82) is 0 Å². The van der Waals surface area contributed by atoms with Gasteiger partial charge in [0.05, 0.1) is 6.54 Å². The first kappa shape index (κ1) is 26.1. The first-order valence-corrected chi connectivity index (χ1v) is 12.6. The molecule has 1 atom stereocenters. The van der Waals surface area contributed by atoms with Gasteiger partial charge in [0.2, 0.25) is 5.91 Å². The summed E-state index contributed by atoms with van der Waals surface area (Å²) in [5.74, 6) is 0.777. The van der Waals surface area contributed by atoms with Gasteiger partial charge in [0.1, 0.15) is 5.82 Å². The van der Waals surface area contributed by atoms with Crippen LogP contribution in [0.3, 0.4) is 0 Å². The number of likely N-dealkylation sites (N-methyl/N-ethyl adjacent to an activating group) is 1. The van der Waals surface area contributed by atoms with Gasteiger partial charge in [-0.1, -0.05) is 56.0 Å². The van der Waals surface area contributed by atoms with Crippen LogP contribution in [-0.2, 0) is 11.2 Å². The molecule has 2 saturated heterocycles. The van der Waals surface area contributed by atoms with E-state index in [1.807, 2.05) is 18.0 Å². The van der Waals surface area contributed by atoms with Crippen LogP contribution in [0.15, 0.2) is 49.0 Å². The van der Waals surface area contributed by atoms with Crippen molar-refractivity contribution in [2.45, 2.75) is 51.5 Å². The van der Waals surface area contributed by atoms with E-state index in [9.17, 15) is 9.18 Å². The molecule has 0 aliphatic carbocycles. The Morgan fingerprint density at radius 3 is 2.41 bits per heavy atom.